The second-order valence-corrected chi connectivity index (χ2v) is 6.56. The van der Waals surface area contributed by atoms with Crippen molar-refractivity contribution in [2.45, 2.75) is 64.5 Å². The Bertz CT molecular complexity index is 390. The minimum absolute atomic E-state index is 0.290. The fourth-order valence-corrected chi connectivity index (χ4v) is 3.15. The van der Waals surface area contributed by atoms with Gasteiger partial charge < -0.3 is 10.6 Å². The largest absolute Gasteiger partial charge is 0.372 e. The summed E-state index contributed by atoms with van der Waals surface area (Å²) < 4.78 is 0. The lowest BCUT2D eigenvalue weighted by atomic mass is 9.86. The molecule has 0 aromatic heterocycles. The molecule has 2 N–H and O–H groups in total. The molecule has 112 valence electrons. The molecule has 0 aliphatic heterocycles. The highest BCUT2D eigenvalue weighted by molar-refractivity contribution is 5.48. The van der Waals surface area contributed by atoms with Gasteiger partial charge in [0, 0.05) is 24.8 Å². The molecule has 0 spiro atoms. The Hall–Kier alpha value is -1.02. The van der Waals surface area contributed by atoms with Crippen molar-refractivity contribution in [2.75, 3.05) is 11.9 Å². The van der Waals surface area contributed by atoms with Gasteiger partial charge in [-0.05, 0) is 62.1 Å². The number of anilines is 1. The molecular formula is C18H30N2. The van der Waals surface area contributed by atoms with Crippen LogP contribution >= 0.6 is 0 Å². The van der Waals surface area contributed by atoms with Crippen molar-refractivity contribution < 1.29 is 0 Å². The first-order valence-corrected chi connectivity index (χ1v) is 8.17. The van der Waals surface area contributed by atoms with Gasteiger partial charge in [-0.2, -0.15) is 0 Å². The van der Waals surface area contributed by atoms with Crippen molar-refractivity contribution in [3.05, 3.63) is 29.8 Å². The molecule has 0 radical (unpaired) electrons. The Balaban J connectivity index is 1.95. The smallest absolute Gasteiger partial charge is 0.0366 e. The van der Waals surface area contributed by atoms with Crippen LogP contribution in [0.15, 0.2) is 24.3 Å². The number of rotatable bonds is 5. The minimum Gasteiger partial charge on any atom is -0.372 e. The van der Waals surface area contributed by atoms with Crippen molar-refractivity contribution in [3.63, 3.8) is 0 Å². The highest BCUT2D eigenvalue weighted by Gasteiger charge is 2.21. The summed E-state index contributed by atoms with van der Waals surface area (Å²) in [6.07, 6.45) is 7.44. The molecule has 2 heteroatoms. The van der Waals surface area contributed by atoms with E-state index in [1.807, 2.05) is 0 Å². The molecule has 2 rings (SSSR count). The van der Waals surface area contributed by atoms with Crippen LogP contribution in [-0.2, 0) is 6.42 Å². The van der Waals surface area contributed by atoms with Crippen LogP contribution in [0.5, 0.6) is 0 Å². The molecule has 2 nitrogen and oxygen atoms in total. The molecule has 0 saturated heterocycles. The SMILES string of the molecule is CCC(N)Cc1ccc(N(C)C2CCC(C)CC2)cc1. The Morgan fingerprint density at radius 3 is 2.30 bits per heavy atom. The van der Waals surface area contributed by atoms with Gasteiger partial charge in [-0.25, -0.2) is 0 Å². The Morgan fingerprint density at radius 1 is 1.15 bits per heavy atom. The normalized spacial score (nSPS) is 24.4. The number of hydrogen-bond acceptors (Lipinski definition) is 2. The van der Waals surface area contributed by atoms with Crippen molar-refractivity contribution in [2.24, 2.45) is 11.7 Å². The molecule has 1 fully saturated rings. The molecule has 1 atom stereocenters. The summed E-state index contributed by atoms with van der Waals surface area (Å²) in [6, 6.07) is 10.0. The topological polar surface area (TPSA) is 29.3 Å². The maximum absolute atomic E-state index is 6.02. The number of nitrogens with two attached hydrogens (primary N) is 1. The Labute approximate surface area is 124 Å². The van der Waals surface area contributed by atoms with Gasteiger partial charge in [0.15, 0.2) is 0 Å². The molecule has 1 unspecified atom stereocenters. The Kier molecular flexibility index (Phi) is 5.47. The van der Waals surface area contributed by atoms with E-state index in [9.17, 15) is 0 Å². The maximum Gasteiger partial charge on any atom is 0.0366 e. The molecule has 1 aliphatic carbocycles. The quantitative estimate of drug-likeness (QED) is 0.880. The standard InChI is InChI=1S/C18H30N2/c1-4-16(19)13-15-7-11-18(12-8-15)20(3)17-9-5-14(2)6-10-17/h7-8,11-12,14,16-17H,4-6,9-10,13,19H2,1-3H3. The van der Waals surface area contributed by atoms with E-state index in [0.717, 1.165) is 24.8 Å². The highest BCUT2D eigenvalue weighted by atomic mass is 15.1. The minimum atomic E-state index is 0.290. The van der Waals surface area contributed by atoms with Gasteiger partial charge >= 0.3 is 0 Å². The van der Waals surface area contributed by atoms with Crippen molar-refractivity contribution >= 4 is 5.69 Å². The molecule has 0 bridgehead atoms. The van der Waals surface area contributed by atoms with Gasteiger partial charge in [0.2, 0.25) is 0 Å². The number of hydrogen-bond donors (Lipinski definition) is 1. The van der Waals surface area contributed by atoms with E-state index in [1.54, 1.807) is 0 Å². The van der Waals surface area contributed by atoms with E-state index in [1.165, 1.54) is 36.9 Å². The Morgan fingerprint density at radius 2 is 1.75 bits per heavy atom. The second kappa shape index (κ2) is 7.12. The van der Waals surface area contributed by atoms with E-state index in [2.05, 4.69) is 50.1 Å². The average Bonchev–Trinajstić information content (AvgIpc) is 2.48. The van der Waals surface area contributed by atoms with Crippen LogP contribution in [0.25, 0.3) is 0 Å². The van der Waals surface area contributed by atoms with E-state index < -0.39 is 0 Å². The molecule has 1 aliphatic rings. The van der Waals surface area contributed by atoms with E-state index >= 15 is 0 Å². The molecule has 1 aromatic rings. The van der Waals surface area contributed by atoms with Crippen molar-refractivity contribution in [1.82, 2.24) is 0 Å². The van der Waals surface area contributed by atoms with Crippen LogP contribution < -0.4 is 10.6 Å². The van der Waals surface area contributed by atoms with Gasteiger partial charge in [-0.15, -0.1) is 0 Å². The van der Waals surface area contributed by atoms with Crippen LogP contribution in [0.2, 0.25) is 0 Å². The number of nitrogens with zero attached hydrogens (tertiary/aromatic N) is 1. The van der Waals surface area contributed by atoms with Gasteiger partial charge in [0.25, 0.3) is 0 Å². The summed E-state index contributed by atoms with van der Waals surface area (Å²) in [5, 5.41) is 0. The van der Waals surface area contributed by atoms with E-state index in [-0.39, 0.29) is 0 Å². The van der Waals surface area contributed by atoms with E-state index in [0.29, 0.717) is 6.04 Å². The van der Waals surface area contributed by atoms with Crippen molar-refractivity contribution in [1.29, 1.82) is 0 Å². The third-order valence-electron chi connectivity index (χ3n) is 4.90. The fraction of sp³-hybridized carbons (Fsp3) is 0.667. The molecule has 1 aromatic carbocycles. The van der Waals surface area contributed by atoms with Gasteiger partial charge in [0.05, 0.1) is 0 Å². The maximum atomic E-state index is 6.02. The summed E-state index contributed by atoms with van der Waals surface area (Å²) in [5.41, 5.74) is 8.72. The summed E-state index contributed by atoms with van der Waals surface area (Å²) in [6.45, 7) is 4.53. The average molecular weight is 274 g/mol. The molecule has 1 saturated carbocycles. The summed E-state index contributed by atoms with van der Waals surface area (Å²) in [7, 11) is 2.24. The third kappa shape index (κ3) is 3.99. The lowest BCUT2D eigenvalue weighted by Gasteiger charge is -2.35. The predicted molar refractivity (Wildman–Crippen MR) is 88.2 cm³/mol. The lowest BCUT2D eigenvalue weighted by Crippen LogP contribution is -2.34. The summed E-state index contributed by atoms with van der Waals surface area (Å²) in [5.74, 6) is 0.914. The molecule has 0 amide bonds. The molecule has 20 heavy (non-hydrogen) atoms. The third-order valence-corrected chi connectivity index (χ3v) is 4.90. The molecular weight excluding hydrogens is 244 g/mol. The zero-order valence-corrected chi connectivity index (χ0v) is 13.3. The summed E-state index contributed by atoms with van der Waals surface area (Å²) in [4.78, 5) is 2.47. The van der Waals surface area contributed by atoms with Gasteiger partial charge in [-0.1, -0.05) is 26.0 Å². The fourth-order valence-electron chi connectivity index (χ4n) is 3.15. The zero-order valence-electron chi connectivity index (χ0n) is 13.3. The number of benzene rings is 1. The first kappa shape index (κ1) is 15.4. The zero-order chi connectivity index (χ0) is 14.5. The summed E-state index contributed by atoms with van der Waals surface area (Å²) >= 11 is 0. The molecule has 0 heterocycles. The monoisotopic (exact) mass is 274 g/mol. The van der Waals surface area contributed by atoms with Crippen LogP contribution in [0, 0.1) is 5.92 Å². The van der Waals surface area contributed by atoms with Gasteiger partial charge in [0.1, 0.15) is 0 Å². The first-order chi connectivity index (χ1) is 9.60. The first-order valence-electron chi connectivity index (χ1n) is 8.17. The van der Waals surface area contributed by atoms with Crippen LogP contribution in [-0.4, -0.2) is 19.1 Å². The second-order valence-electron chi connectivity index (χ2n) is 6.56. The lowest BCUT2D eigenvalue weighted by molar-refractivity contribution is 0.341. The van der Waals surface area contributed by atoms with E-state index in [4.69, 9.17) is 5.73 Å². The van der Waals surface area contributed by atoms with Gasteiger partial charge in [-0.3, -0.25) is 0 Å². The predicted octanol–water partition coefficient (Wildman–Crippen LogP) is 3.98. The van der Waals surface area contributed by atoms with Crippen LogP contribution in [0.4, 0.5) is 5.69 Å². The van der Waals surface area contributed by atoms with Crippen LogP contribution in [0.3, 0.4) is 0 Å². The van der Waals surface area contributed by atoms with Crippen LogP contribution in [0.1, 0.15) is 51.5 Å². The highest BCUT2D eigenvalue weighted by Crippen LogP contribution is 2.29. The van der Waals surface area contributed by atoms with Crippen molar-refractivity contribution in [3.8, 4) is 0 Å².